The van der Waals surface area contributed by atoms with Crippen LogP contribution in [0.15, 0.2) is 36.4 Å². The molecule has 1 aromatic carbocycles. The minimum absolute atomic E-state index is 0.751. The molecule has 0 amide bonds. The van der Waals surface area contributed by atoms with E-state index < -0.39 is 0 Å². The zero-order chi connectivity index (χ0) is 13.0. The standard InChI is InChI=1S/C14H16N2O2/c1-15-14-6-4-5-13(16-14)10-7-11(17-2)9-12(8-10)18-3/h4-9H,1-3H3,(H,15,16). The lowest BCUT2D eigenvalue weighted by atomic mass is 10.1. The van der Waals surface area contributed by atoms with Gasteiger partial charge in [0.1, 0.15) is 17.3 Å². The molecule has 1 N–H and O–H groups in total. The lowest BCUT2D eigenvalue weighted by molar-refractivity contribution is 0.394. The van der Waals surface area contributed by atoms with Gasteiger partial charge >= 0.3 is 0 Å². The van der Waals surface area contributed by atoms with E-state index in [1.165, 1.54) is 0 Å². The van der Waals surface area contributed by atoms with Crippen LogP contribution in [0.3, 0.4) is 0 Å². The van der Waals surface area contributed by atoms with Crippen LogP contribution in [-0.2, 0) is 0 Å². The highest BCUT2D eigenvalue weighted by Crippen LogP contribution is 2.29. The highest BCUT2D eigenvalue weighted by molar-refractivity contribution is 5.65. The van der Waals surface area contributed by atoms with Gasteiger partial charge in [0.2, 0.25) is 0 Å². The molecular weight excluding hydrogens is 228 g/mol. The number of anilines is 1. The molecular formula is C14H16N2O2. The molecule has 0 aliphatic carbocycles. The van der Waals surface area contributed by atoms with E-state index >= 15 is 0 Å². The van der Waals surface area contributed by atoms with Gasteiger partial charge in [0, 0.05) is 18.7 Å². The lowest BCUT2D eigenvalue weighted by Gasteiger charge is -2.09. The second kappa shape index (κ2) is 5.40. The lowest BCUT2D eigenvalue weighted by Crippen LogP contribution is -1.94. The highest BCUT2D eigenvalue weighted by atomic mass is 16.5. The SMILES string of the molecule is CNc1cccc(-c2cc(OC)cc(OC)c2)n1. The Morgan fingerprint density at radius 3 is 2.22 bits per heavy atom. The summed E-state index contributed by atoms with van der Waals surface area (Å²) in [7, 11) is 5.12. The smallest absolute Gasteiger partial charge is 0.126 e. The molecule has 0 aliphatic rings. The van der Waals surface area contributed by atoms with Crippen LogP contribution in [0.4, 0.5) is 5.82 Å². The molecule has 18 heavy (non-hydrogen) atoms. The monoisotopic (exact) mass is 244 g/mol. The molecule has 1 heterocycles. The summed E-state index contributed by atoms with van der Waals surface area (Å²) in [6.07, 6.45) is 0. The molecule has 0 aliphatic heterocycles. The molecule has 0 saturated carbocycles. The van der Waals surface area contributed by atoms with Gasteiger partial charge in [-0.2, -0.15) is 0 Å². The largest absolute Gasteiger partial charge is 0.497 e. The second-order valence-corrected chi connectivity index (χ2v) is 3.76. The van der Waals surface area contributed by atoms with Crippen molar-refractivity contribution >= 4 is 5.82 Å². The zero-order valence-corrected chi connectivity index (χ0v) is 10.7. The van der Waals surface area contributed by atoms with Crippen LogP contribution < -0.4 is 14.8 Å². The number of nitrogens with zero attached hydrogens (tertiary/aromatic N) is 1. The molecule has 0 bridgehead atoms. The third kappa shape index (κ3) is 2.53. The summed E-state index contributed by atoms with van der Waals surface area (Å²) in [6.45, 7) is 0. The molecule has 0 spiro atoms. The molecule has 0 fully saturated rings. The quantitative estimate of drug-likeness (QED) is 0.898. The van der Waals surface area contributed by atoms with E-state index in [2.05, 4.69) is 10.3 Å². The molecule has 4 nitrogen and oxygen atoms in total. The number of ether oxygens (including phenoxy) is 2. The predicted molar refractivity (Wildman–Crippen MR) is 72.3 cm³/mol. The Bertz CT molecular complexity index is 519. The summed E-state index contributed by atoms with van der Waals surface area (Å²) in [5.41, 5.74) is 1.84. The highest BCUT2D eigenvalue weighted by Gasteiger charge is 2.05. The van der Waals surface area contributed by atoms with Gasteiger partial charge in [-0.05, 0) is 24.3 Å². The van der Waals surface area contributed by atoms with Crippen LogP contribution in [0.25, 0.3) is 11.3 Å². The number of pyridine rings is 1. The van der Waals surface area contributed by atoms with Crippen molar-refractivity contribution in [2.24, 2.45) is 0 Å². The topological polar surface area (TPSA) is 43.4 Å². The van der Waals surface area contributed by atoms with E-state index in [1.807, 2.05) is 43.4 Å². The first-order valence-electron chi connectivity index (χ1n) is 5.65. The maximum atomic E-state index is 5.25. The third-order valence-corrected chi connectivity index (χ3v) is 2.65. The summed E-state index contributed by atoms with van der Waals surface area (Å²) in [5, 5.41) is 3.02. The Morgan fingerprint density at radius 1 is 1.00 bits per heavy atom. The molecule has 2 rings (SSSR count). The van der Waals surface area contributed by atoms with Crippen molar-refractivity contribution in [1.29, 1.82) is 0 Å². The van der Waals surface area contributed by atoms with E-state index in [9.17, 15) is 0 Å². The first-order valence-corrected chi connectivity index (χ1v) is 5.65. The maximum absolute atomic E-state index is 5.25. The number of benzene rings is 1. The fourth-order valence-corrected chi connectivity index (χ4v) is 1.69. The number of methoxy groups -OCH3 is 2. The number of aromatic nitrogens is 1. The predicted octanol–water partition coefficient (Wildman–Crippen LogP) is 2.81. The van der Waals surface area contributed by atoms with Crippen LogP contribution in [0, 0.1) is 0 Å². The van der Waals surface area contributed by atoms with Crippen molar-refractivity contribution in [2.75, 3.05) is 26.6 Å². The fourth-order valence-electron chi connectivity index (χ4n) is 1.69. The molecule has 0 saturated heterocycles. The normalized spacial score (nSPS) is 9.94. The molecule has 1 aromatic heterocycles. The first-order chi connectivity index (χ1) is 8.76. The number of hydrogen-bond acceptors (Lipinski definition) is 4. The van der Waals surface area contributed by atoms with Crippen LogP contribution in [0.5, 0.6) is 11.5 Å². The second-order valence-electron chi connectivity index (χ2n) is 3.76. The number of nitrogens with one attached hydrogen (secondary N) is 1. The number of rotatable bonds is 4. The Kier molecular flexibility index (Phi) is 3.67. The average molecular weight is 244 g/mol. The molecule has 0 radical (unpaired) electrons. The van der Waals surface area contributed by atoms with Crippen molar-refractivity contribution in [1.82, 2.24) is 4.98 Å². The van der Waals surface area contributed by atoms with Crippen molar-refractivity contribution in [3.05, 3.63) is 36.4 Å². The van der Waals surface area contributed by atoms with Crippen molar-refractivity contribution in [2.45, 2.75) is 0 Å². The van der Waals surface area contributed by atoms with Gasteiger partial charge in [-0.15, -0.1) is 0 Å². The Labute approximate surface area is 107 Å². The van der Waals surface area contributed by atoms with Gasteiger partial charge in [0.05, 0.1) is 19.9 Å². The maximum Gasteiger partial charge on any atom is 0.126 e. The Balaban J connectivity index is 2.48. The van der Waals surface area contributed by atoms with E-state index in [-0.39, 0.29) is 0 Å². The summed E-state index contributed by atoms with van der Waals surface area (Å²) < 4.78 is 10.5. The van der Waals surface area contributed by atoms with Gasteiger partial charge in [-0.1, -0.05) is 6.07 Å². The van der Waals surface area contributed by atoms with Crippen LogP contribution in [0.1, 0.15) is 0 Å². The third-order valence-electron chi connectivity index (χ3n) is 2.65. The van der Waals surface area contributed by atoms with E-state index in [0.717, 1.165) is 28.6 Å². The summed E-state index contributed by atoms with van der Waals surface area (Å²) in [4.78, 5) is 4.49. The Morgan fingerprint density at radius 2 is 1.67 bits per heavy atom. The molecule has 4 heteroatoms. The van der Waals surface area contributed by atoms with Crippen molar-refractivity contribution in [3.8, 4) is 22.8 Å². The van der Waals surface area contributed by atoms with Crippen LogP contribution in [-0.4, -0.2) is 26.3 Å². The van der Waals surface area contributed by atoms with Crippen LogP contribution in [0.2, 0.25) is 0 Å². The van der Waals surface area contributed by atoms with E-state index in [4.69, 9.17) is 9.47 Å². The average Bonchev–Trinajstić information content (AvgIpc) is 2.46. The molecule has 2 aromatic rings. The van der Waals surface area contributed by atoms with Gasteiger partial charge < -0.3 is 14.8 Å². The Hall–Kier alpha value is -2.23. The number of hydrogen-bond donors (Lipinski definition) is 1. The van der Waals surface area contributed by atoms with Gasteiger partial charge in [-0.3, -0.25) is 0 Å². The first kappa shape index (κ1) is 12.2. The van der Waals surface area contributed by atoms with Crippen molar-refractivity contribution < 1.29 is 9.47 Å². The minimum atomic E-state index is 0.751. The van der Waals surface area contributed by atoms with Crippen LogP contribution >= 0.6 is 0 Å². The fraction of sp³-hybridized carbons (Fsp3) is 0.214. The summed E-state index contributed by atoms with van der Waals surface area (Å²) in [6, 6.07) is 11.5. The molecule has 0 atom stereocenters. The van der Waals surface area contributed by atoms with E-state index in [1.54, 1.807) is 14.2 Å². The van der Waals surface area contributed by atoms with Gasteiger partial charge in [0.25, 0.3) is 0 Å². The van der Waals surface area contributed by atoms with Gasteiger partial charge in [0.15, 0.2) is 0 Å². The molecule has 94 valence electrons. The van der Waals surface area contributed by atoms with Crippen molar-refractivity contribution in [3.63, 3.8) is 0 Å². The van der Waals surface area contributed by atoms with E-state index in [0.29, 0.717) is 0 Å². The summed E-state index contributed by atoms with van der Waals surface area (Å²) in [5.74, 6) is 2.33. The van der Waals surface area contributed by atoms with Gasteiger partial charge in [-0.25, -0.2) is 4.98 Å². The molecule has 0 unspecified atom stereocenters. The zero-order valence-electron chi connectivity index (χ0n) is 10.7. The minimum Gasteiger partial charge on any atom is -0.497 e. The summed E-state index contributed by atoms with van der Waals surface area (Å²) >= 11 is 0.